The maximum atomic E-state index is 12.5. The predicted molar refractivity (Wildman–Crippen MR) is 207 cm³/mol. The van der Waals surface area contributed by atoms with Crippen LogP contribution in [0.1, 0.15) is 117 Å². The number of carbonyl (C=O) groups excluding carboxylic acids is 2. The summed E-state index contributed by atoms with van der Waals surface area (Å²) < 4.78 is 48.2. The summed E-state index contributed by atoms with van der Waals surface area (Å²) in [6, 6.07) is 0. The van der Waals surface area contributed by atoms with E-state index in [0.717, 1.165) is 0 Å². The molecule has 0 bridgehead atoms. The number of ether oxygens (including phenoxy) is 8. The number of carbonyl (C=O) groups is 2. The van der Waals surface area contributed by atoms with Crippen molar-refractivity contribution in [1.29, 1.82) is 0 Å². The minimum atomic E-state index is -2.15. The van der Waals surface area contributed by atoms with Crippen molar-refractivity contribution in [2.45, 2.75) is 192 Å². The highest BCUT2D eigenvalue weighted by Crippen LogP contribution is 2.57. The van der Waals surface area contributed by atoms with Crippen LogP contribution in [-0.2, 0) is 47.5 Å². The number of esters is 2. The summed E-state index contributed by atoms with van der Waals surface area (Å²) in [5.41, 5.74) is -20.7. The number of aliphatic hydroxyl groups is 7. The van der Waals surface area contributed by atoms with E-state index >= 15 is 0 Å². The van der Waals surface area contributed by atoms with Gasteiger partial charge in [-0.25, -0.2) is 0 Å². The Labute approximate surface area is 343 Å². The van der Waals surface area contributed by atoms with E-state index < -0.39 is 104 Å². The summed E-state index contributed by atoms with van der Waals surface area (Å²) in [6.45, 7) is 21.1. The summed E-state index contributed by atoms with van der Waals surface area (Å²) in [6.07, 6.45) is -2.84. The molecule has 3 fully saturated rings. The lowest BCUT2D eigenvalue weighted by Crippen LogP contribution is -2.81. The van der Waals surface area contributed by atoms with Gasteiger partial charge >= 0.3 is 11.9 Å². The Bertz CT molecular complexity index is 1490. The third kappa shape index (κ3) is 7.45. The Kier molecular flexibility index (Phi) is 14.0. The molecule has 15 unspecified atom stereocenters. The van der Waals surface area contributed by atoms with Crippen molar-refractivity contribution in [2.75, 3.05) is 46.2 Å². The fourth-order valence-electron chi connectivity index (χ4n) is 9.12. The predicted octanol–water partition coefficient (Wildman–Crippen LogP) is 1.29. The highest BCUT2D eigenvalue weighted by molar-refractivity contribution is 5.66. The molecule has 0 radical (unpaired) electrons. The van der Waals surface area contributed by atoms with E-state index in [1.54, 1.807) is 34.6 Å². The second-order valence-corrected chi connectivity index (χ2v) is 19.1. The first-order chi connectivity index (χ1) is 25.9. The van der Waals surface area contributed by atoms with E-state index in [2.05, 4.69) is 0 Å². The van der Waals surface area contributed by atoms with Gasteiger partial charge in [-0.3, -0.25) is 9.59 Å². The first-order valence-corrected chi connectivity index (χ1v) is 20.1. The molecule has 3 rings (SSSR count). The molecule has 3 aliphatic rings. The summed E-state index contributed by atoms with van der Waals surface area (Å²) in [5.74, 6) is -2.98. The van der Waals surface area contributed by atoms with Gasteiger partial charge in [0.05, 0.1) is 43.4 Å². The van der Waals surface area contributed by atoms with Crippen molar-refractivity contribution in [3.8, 4) is 0 Å². The van der Waals surface area contributed by atoms with Crippen LogP contribution in [0.3, 0.4) is 0 Å². The molecule has 340 valence electrons. The number of hydrogen-bond acceptors (Lipinski definition) is 17. The maximum Gasteiger partial charge on any atom is 0.302 e. The zero-order chi connectivity index (χ0) is 45.2. The van der Waals surface area contributed by atoms with Crippen LogP contribution < -0.4 is 0 Å². The maximum absolute atomic E-state index is 12.5. The average molecular weight is 839 g/mol. The number of hydrogen-bond donors (Lipinski definition) is 7. The van der Waals surface area contributed by atoms with Gasteiger partial charge in [-0.2, -0.15) is 0 Å². The van der Waals surface area contributed by atoms with E-state index in [1.165, 1.54) is 76.2 Å². The molecule has 0 spiro atoms. The van der Waals surface area contributed by atoms with Crippen LogP contribution in [0.15, 0.2) is 0 Å². The van der Waals surface area contributed by atoms with Gasteiger partial charge < -0.3 is 73.6 Å². The van der Waals surface area contributed by atoms with E-state index in [1.807, 2.05) is 0 Å². The molecule has 0 aromatic rings. The highest BCUT2D eigenvalue weighted by Gasteiger charge is 2.74. The third-order valence-electron chi connectivity index (χ3n) is 15.4. The van der Waals surface area contributed by atoms with Gasteiger partial charge in [0.15, 0.2) is 5.79 Å². The normalized spacial score (nSPS) is 51.0. The topological polar surface area (TPSA) is 250 Å². The first-order valence-electron chi connectivity index (χ1n) is 20.1. The van der Waals surface area contributed by atoms with Crippen LogP contribution in [-0.4, -0.2) is 168 Å². The van der Waals surface area contributed by atoms with Gasteiger partial charge in [0.1, 0.15) is 75.8 Å². The average Bonchev–Trinajstić information content (AvgIpc) is 3.08. The van der Waals surface area contributed by atoms with Gasteiger partial charge in [-0.05, 0) is 82.6 Å². The molecule has 0 aromatic heterocycles. The van der Waals surface area contributed by atoms with Crippen LogP contribution in [0.5, 0.6) is 0 Å². The van der Waals surface area contributed by atoms with E-state index in [-0.39, 0.29) is 39.6 Å². The van der Waals surface area contributed by atoms with Crippen molar-refractivity contribution < 1.29 is 83.2 Å². The molecular weight excluding hydrogens is 764 g/mol. The summed E-state index contributed by atoms with van der Waals surface area (Å²) >= 11 is 0. The van der Waals surface area contributed by atoms with Crippen molar-refractivity contribution in [2.24, 2.45) is 10.8 Å². The molecule has 0 saturated carbocycles. The Morgan fingerprint density at radius 2 is 0.862 bits per heavy atom. The molecule has 15 atom stereocenters. The van der Waals surface area contributed by atoms with Crippen molar-refractivity contribution >= 4 is 11.9 Å². The molecular formula is C41H74O17. The van der Waals surface area contributed by atoms with Gasteiger partial charge in [0, 0.05) is 20.5 Å². The highest BCUT2D eigenvalue weighted by atomic mass is 16.7. The lowest BCUT2D eigenvalue weighted by atomic mass is 9.56. The fourth-order valence-corrected chi connectivity index (χ4v) is 9.12. The molecule has 3 heterocycles. The molecule has 17 heteroatoms. The molecule has 7 N–H and O–H groups in total. The third-order valence-corrected chi connectivity index (χ3v) is 15.4. The zero-order valence-electron chi connectivity index (χ0n) is 37.6. The lowest BCUT2D eigenvalue weighted by Gasteiger charge is -2.65. The van der Waals surface area contributed by atoms with Gasteiger partial charge in [0.25, 0.3) is 0 Å². The summed E-state index contributed by atoms with van der Waals surface area (Å²) in [7, 11) is 0. The van der Waals surface area contributed by atoms with Gasteiger partial charge in [-0.15, -0.1) is 0 Å². The Hall–Kier alpha value is -1.58. The van der Waals surface area contributed by atoms with Crippen molar-refractivity contribution in [1.82, 2.24) is 0 Å². The van der Waals surface area contributed by atoms with Crippen LogP contribution >= 0.6 is 0 Å². The number of rotatable bonds is 15. The zero-order valence-corrected chi connectivity index (χ0v) is 37.6. The molecule has 0 amide bonds. The van der Waals surface area contributed by atoms with Crippen molar-refractivity contribution in [3.05, 3.63) is 0 Å². The van der Waals surface area contributed by atoms with E-state index in [0.29, 0.717) is 6.42 Å². The standard InChI is InChI=1S/C41H74O17/c1-17-27-34(9,44)39(14,49)38(13,48)33(8,56-27)24-51-21-30(5)28(19-53-25(3)42)57-32(7,37(12,47)35(30,10)45)23-52-22-31(6)29(20-54-26(4)43)58-41(16,55-18-2)40(15,50)36(31,11)46/h27-29,44-50H,17-24H2,1-16H3. The Morgan fingerprint density at radius 1 is 0.500 bits per heavy atom. The molecule has 3 saturated heterocycles. The minimum Gasteiger partial charge on any atom is -0.463 e. The smallest absolute Gasteiger partial charge is 0.302 e. The largest absolute Gasteiger partial charge is 0.463 e. The van der Waals surface area contributed by atoms with E-state index in [9.17, 15) is 45.3 Å². The lowest BCUT2D eigenvalue weighted by molar-refractivity contribution is -0.429. The molecule has 0 aromatic carbocycles. The molecule has 3 aliphatic heterocycles. The fraction of sp³-hybridized carbons (Fsp3) is 0.951. The monoisotopic (exact) mass is 838 g/mol. The summed E-state index contributed by atoms with van der Waals surface area (Å²) in [4.78, 5) is 24.0. The van der Waals surface area contributed by atoms with Crippen molar-refractivity contribution in [3.63, 3.8) is 0 Å². The molecule has 17 nitrogen and oxygen atoms in total. The van der Waals surface area contributed by atoms with Gasteiger partial charge in [0.2, 0.25) is 0 Å². The molecule has 58 heavy (non-hydrogen) atoms. The van der Waals surface area contributed by atoms with Crippen LogP contribution in [0, 0.1) is 10.8 Å². The van der Waals surface area contributed by atoms with Gasteiger partial charge in [-0.1, -0.05) is 20.8 Å². The minimum absolute atomic E-state index is 0.123. The van der Waals surface area contributed by atoms with Crippen LogP contribution in [0.25, 0.3) is 0 Å². The second-order valence-electron chi connectivity index (χ2n) is 19.1. The Balaban J connectivity index is 1.98. The molecule has 0 aliphatic carbocycles. The second kappa shape index (κ2) is 16.0. The SMILES string of the molecule is CCOC1(C)OC(COC(C)=O)C(C)(COCC2(C)OC(COC(C)=O)C(C)(COCC3(C)OC(CC)C(C)(O)C(C)(O)C3(C)O)C(C)(O)C2(C)O)C(C)(O)C1(C)O. The first kappa shape index (κ1) is 50.8. The van der Waals surface area contributed by atoms with Crippen LogP contribution in [0.2, 0.25) is 0 Å². The van der Waals surface area contributed by atoms with E-state index in [4.69, 9.17) is 37.9 Å². The van der Waals surface area contributed by atoms with Crippen LogP contribution in [0.4, 0.5) is 0 Å². The Morgan fingerprint density at radius 3 is 1.24 bits per heavy atom. The quantitative estimate of drug-likeness (QED) is 0.115. The summed E-state index contributed by atoms with van der Waals surface area (Å²) in [5, 5.41) is 83.5.